The Morgan fingerprint density at radius 1 is 0.957 bits per heavy atom. The Hall–Kier alpha value is -4.25. The van der Waals surface area contributed by atoms with Crippen molar-refractivity contribution >= 4 is 28.5 Å². The van der Waals surface area contributed by atoms with E-state index in [2.05, 4.69) is 69.0 Å². The molecule has 1 amide bonds. The van der Waals surface area contributed by atoms with Gasteiger partial charge in [0.25, 0.3) is 0 Å². The van der Waals surface area contributed by atoms with Crippen LogP contribution in [0.25, 0.3) is 16.7 Å². The third-order valence-electron chi connectivity index (χ3n) is 8.51. The van der Waals surface area contributed by atoms with Crippen LogP contribution in [-0.2, 0) is 27.2 Å². The van der Waals surface area contributed by atoms with Crippen LogP contribution in [0.15, 0.2) is 77.5 Å². The zero-order valence-corrected chi connectivity index (χ0v) is 26.6. The second kappa shape index (κ2) is 15.8. The quantitative estimate of drug-likeness (QED) is 0.149. The van der Waals surface area contributed by atoms with Crippen LogP contribution in [0.1, 0.15) is 41.8 Å². The fourth-order valence-electron chi connectivity index (χ4n) is 5.94. The molecule has 5 aromatic rings. The average molecular weight is 625 g/mol. The van der Waals surface area contributed by atoms with Gasteiger partial charge in [0, 0.05) is 62.8 Å². The van der Waals surface area contributed by atoms with E-state index in [0.717, 1.165) is 79.5 Å². The lowest BCUT2D eigenvalue weighted by atomic mass is 9.93. The van der Waals surface area contributed by atoms with Gasteiger partial charge in [-0.2, -0.15) is 4.98 Å². The number of rotatable bonds is 16. The first-order chi connectivity index (χ1) is 22.6. The number of piperidine rings is 1. The Labute approximate surface area is 270 Å². The second-order valence-electron chi connectivity index (χ2n) is 12.0. The molecule has 1 aliphatic heterocycles. The molecule has 0 aliphatic carbocycles. The Balaban J connectivity index is 0.768. The number of fused-ring (bicyclic) bond motifs is 2. The highest BCUT2D eigenvalue weighted by Gasteiger charge is 2.22. The molecule has 1 aliphatic rings. The number of carbonyl (C=O) groups is 1. The van der Waals surface area contributed by atoms with Gasteiger partial charge in [0.05, 0.1) is 32.6 Å². The summed E-state index contributed by atoms with van der Waals surface area (Å²) in [5.74, 6) is 3.14. The minimum atomic E-state index is 0.0931. The molecule has 2 aromatic carbocycles. The van der Waals surface area contributed by atoms with Crippen LogP contribution in [-0.4, -0.2) is 72.9 Å². The van der Waals surface area contributed by atoms with E-state index in [-0.39, 0.29) is 5.91 Å². The van der Waals surface area contributed by atoms with Crippen LogP contribution < -0.4 is 15.5 Å². The largest absolute Gasteiger partial charge is 0.461 e. The molecule has 4 heterocycles. The molecule has 1 fully saturated rings. The summed E-state index contributed by atoms with van der Waals surface area (Å²) in [5.41, 5.74) is 4.42. The van der Waals surface area contributed by atoms with Crippen LogP contribution in [0, 0.1) is 12.8 Å². The van der Waals surface area contributed by atoms with Crippen molar-refractivity contribution in [1.82, 2.24) is 25.0 Å². The minimum absolute atomic E-state index is 0.0931. The summed E-state index contributed by atoms with van der Waals surface area (Å²) in [6.45, 7) is 7.96. The van der Waals surface area contributed by atoms with Crippen molar-refractivity contribution in [2.45, 2.75) is 39.2 Å². The van der Waals surface area contributed by atoms with Gasteiger partial charge in [0.2, 0.25) is 11.7 Å². The van der Waals surface area contributed by atoms with Crippen molar-refractivity contribution in [3.05, 3.63) is 95.6 Å². The van der Waals surface area contributed by atoms with Crippen molar-refractivity contribution in [3.63, 3.8) is 0 Å². The Bertz CT molecular complexity index is 1690. The van der Waals surface area contributed by atoms with Gasteiger partial charge in [-0.3, -0.25) is 9.20 Å². The second-order valence-corrected chi connectivity index (χ2v) is 12.0. The molecule has 0 spiro atoms. The number of imidazole rings is 1. The summed E-state index contributed by atoms with van der Waals surface area (Å²) < 4.78 is 19.4. The summed E-state index contributed by atoms with van der Waals surface area (Å²) in [5, 5.41) is 7.55. The molecule has 6 rings (SSSR count). The van der Waals surface area contributed by atoms with Crippen LogP contribution in [0.2, 0.25) is 0 Å². The standard InChI is InChI=1S/C36H44N6O4/c1-27-25-39-36-40-34(11-16-42(27)36)41-14-9-29(10-15-41)23-35(43)38-13-18-45-20-19-44-17-12-37-26-30-7-8-31-24-32(46-33(31)22-30)21-28-5-3-2-4-6-28/h2-8,11,16,22,24-25,29,37H,9-10,12-15,17-21,23,26H2,1H3,(H,38,43). The maximum atomic E-state index is 12.4. The molecule has 46 heavy (non-hydrogen) atoms. The highest BCUT2D eigenvalue weighted by Crippen LogP contribution is 2.25. The normalized spacial score (nSPS) is 14.0. The number of hydrogen-bond acceptors (Lipinski definition) is 8. The van der Waals surface area contributed by atoms with Gasteiger partial charge in [-0.05, 0) is 55.0 Å². The zero-order valence-electron chi connectivity index (χ0n) is 26.6. The van der Waals surface area contributed by atoms with Crippen molar-refractivity contribution in [1.29, 1.82) is 0 Å². The highest BCUT2D eigenvalue weighted by atomic mass is 16.5. The SMILES string of the molecule is Cc1cnc2nc(N3CCC(CC(=O)NCCOCCOCCNCc4ccc5cc(Cc6ccccc6)oc5c4)CC3)ccn12. The average Bonchev–Trinajstić information content (AvgIpc) is 3.66. The van der Waals surface area contributed by atoms with Crippen LogP contribution in [0.5, 0.6) is 0 Å². The molecule has 2 N–H and O–H groups in total. The molecule has 10 heteroatoms. The van der Waals surface area contributed by atoms with E-state index >= 15 is 0 Å². The monoisotopic (exact) mass is 624 g/mol. The van der Waals surface area contributed by atoms with E-state index in [4.69, 9.17) is 18.9 Å². The smallest absolute Gasteiger partial charge is 0.235 e. The van der Waals surface area contributed by atoms with E-state index in [1.54, 1.807) is 0 Å². The fraction of sp³-hybridized carbons (Fsp3) is 0.417. The first-order valence-corrected chi connectivity index (χ1v) is 16.3. The van der Waals surface area contributed by atoms with Crippen molar-refractivity contribution in [2.24, 2.45) is 5.92 Å². The number of amides is 1. The maximum absolute atomic E-state index is 12.4. The Morgan fingerprint density at radius 2 is 1.76 bits per heavy atom. The zero-order chi connectivity index (χ0) is 31.6. The van der Waals surface area contributed by atoms with Gasteiger partial charge < -0.3 is 29.4 Å². The molecular weight excluding hydrogens is 580 g/mol. The van der Waals surface area contributed by atoms with Gasteiger partial charge >= 0.3 is 0 Å². The number of nitrogens with one attached hydrogen (secondary N) is 2. The van der Waals surface area contributed by atoms with Crippen molar-refractivity contribution < 1.29 is 18.7 Å². The number of nitrogens with zero attached hydrogens (tertiary/aromatic N) is 4. The number of aryl methyl sites for hydroxylation is 1. The fourth-order valence-corrected chi connectivity index (χ4v) is 5.94. The predicted molar refractivity (Wildman–Crippen MR) is 179 cm³/mol. The molecule has 3 aromatic heterocycles. The van der Waals surface area contributed by atoms with Crippen LogP contribution >= 0.6 is 0 Å². The van der Waals surface area contributed by atoms with E-state index in [0.29, 0.717) is 45.3 Å². The van der Waals surface area contributed by atoms with Gasteiger partial charge in [-0.1, -0.05) is 42.5 Å². The molecule has 10 nitrogen and oxygen atoms in total. The number of anilines is 1. The summed E-state index contributed by atoms with van der Waals surface area (Å²) in [6, 6.07) is 20.9. The predicted octanol–water partition coefficient (Wildman–Crippen LogP) is 4.92. The number of hydrogen-bond donors (Lipinski definition) is 2. The van der Waals surface area contributed by atoms with E-state index in [1.807, 2.05) is 35.9 Å². The van der Waals surface area contributed by atoms with Gasteiger partial charge in [0.15, 0.2) is 0 Å². The molecule has 0 saturated carbocycles. The minimum Gasteiger partial charge on any atom is -0.461 e. The number of aromatic nitrogens is 3. The first kappa shape index (κ1) is 31.7. The number of benzene rings is 2. The lowest BCUT2D eigenvalue weighted by molar-refractivity contribution is -0.122. The summed E-state index contributed by atoms with van der Waals surface area (Å²) in [7, 11) is 0. The van der Waals surface area contributed by atoms with Gasteiger partial charge in [0.1, 0.15) is 17.2 Å². The van der Waals surface area contributed by atoms with E-state index in [1.165, 1.54) is 11.1 Å². The molecule has 0 bridgehead atoms. The summed E-state index contributed by atoms with van der Waals surface area (Å²) in [4.78, 5) is 23.8. The van der Waals surface area contributed by atoms with Gasteiger partial charge in [-0.25, -0.2) is 4.98 Å². The van der Waals surface area contributed by atoms with Crippen LogP contribution in [0.4, 0.5) is 5.82 Å². The maximum Gasteiger partial charge on any atom is 0.235 e. The molecule has 0 radical (unpaired) electrons. The Kier molecular flexibility index (Phi) is 10.9. The summed E-state index contributed by atoms with van der Waals surface area (Å²) >= 11 is 0. The third kappa shape index (κ3) is 8.72. The molecular formula is C36H44N6O4. The molecule has 242 valence electrons. The van der Waals surface area contributed by atoms with Crippen molar-refractivity contribution in [3.8, 4) is 0 Å². The topological polar surface area (TPSA) is 106 Å². The van der Waals surface area contributed by atoms with Gasteiger partial charge in [-0.15, -0.1) is 0 Å². The van der Waals surface area contributed by atoms with Crippen LogP contribution in [0.3, 0.4) is 0 Å². The van der Waals surface area contributed by atoms with E-state index < -0.39 is 0 Å². The number of carbonyl (C=O) groups excluding carboxylic acids is 1. The first-order valence-electron chi connectivity index (χ1n) is 16.3. The van der Waals surface area contributed by atoms with Crippen molar-refractivity contribution in [2.75, 3.05) is 57.5 Å². The molecule has 0 unspecified atom stereocenters. The third-order valence-corrected chi connectivity index (χ3v) is 8.51. The molecule has 0 atom stereocenters. The number of ether oxygens (including phenoxy) is 2. The number of furan rings is 1. The molecule has 1 saturated heterocycles. The lowest BCUT2D eigenvalue weighted by Gasteiger charge is -2.32. The lowest BCUT2D eigenvalue weighted by Crippen LogP contribution is -2.37. The van der Waals surface area contributed by atoms with E-state index in [9.17, 15) is 4.79 Å². The highest BCUT2D eigenvalue weighted by molar-refractivity contribution is 5.78. The Morgan fingerprint density at radius 3 is 2.59 bits per heavy atom. The summed E-state index contributed by atoms with van der Waals surface area (Å²) in [6.07, 6.45) is 7.17.